The molecule has 26 heavy (non-hydrogen) atoms. The number of pyridine rings is 1. The van der Waals surface area contributed by atoms with Gasteiger partial charge in [-0.1, -0.05) is 68.0 Å². The van der Waals surface area contributed by atoms with Gasteiger partial charge in [0.25, 0.3) is 5.91 Å². The Morgan fingerprint density at radius 1 is 1.12 bits per heavy atom. The van der Waals surface area contributed by atoms with Crippen LogP contribution in [0.25, 0.3) is 10.8 Å². The quantitative estimate of drug-likeness (QED) is 0.640. The highest BCUT2D eigenvalue weighted by molar-refractivity contribution is 6.34. The SMILES string of the molecule is O=C(COC(=O)c1cc2ccccc2c(Cl)n1)NC1CCCCCCC1. The third-order valence-electron chi connectivity index (χ3n) is 4.71. The van der Waals surface area contributed by atoms with Crippen LogP contribution in [0.5, 0.6) is 0 Å². The number of carbonyl (C=O) groups is 2. The lowest BCUT2D eigenvalue weighted by molar-refractivity contribution is -0.125. The maximum absolute atomic E-state index is 12.2. The molecular formula is C20H23ClN2O3. The first kappa shape index (κ1) is 18.6. The van der Waals surface area contributed by atoms with E-state index in [4.69, 9.17) is 16.3 Å². The summed E-state index contributed by atoms with van der Waals surface area (Å²) in [6, 6.07) is 9.19. The van der Waals surface area contributed by atoms with Gasteiger partial charge in [0.1, 0.15) is 5.15 Å². The molecule has 1 aromatic heterocycles. The highest BCUT2D eigenvalue weighted by Crippen LogP contribution is 2.22. The van der Waals surface area contributed by atoms with Gasteiger partial charge < -0.3 is 10.1 Å². The van der Waals surface area contributed by atoms with Crippen LogP contribution in [-0.4, -0.2) is 29.5 Å². The second kappa shape index (κ2) is 8.99. The van der Waals surface area contributed by atoms with Gasteiger partial charge in [-0.15, -0.1) is 0 Å². The van der Waals surface area contributed by atoms with E-state index in [1.165, 1.54) is 19.3 Å². The lowest BCUT2D eigenvalue weighted by atomic mass is 9.97. The summed E-state index contributed by atoms with van der Waals surface area (Å²) in [7, 11) is 0. The summed E-state index contributed by atoms with van der Waals surface area (Å²) < 4.78 is 5.12. The summed E-state index contributed by atoms with van der Waals surface area (Å²) >= 11 is 6.13. The molecule has 1 saturated carbocycles. The molecule has 1 aliphatic carbocycles. The Balaban J connectivity index is 1.55. The van der Waals surface area contributed by atoms with E-state index in [9.17, 15) is 9.59 Å². The van der Waals surface area contributed by atoms with Crippen LogP contribution in [0.15, 0.2) is 30.3 Å². The van der Waals surface area contributed by atoms with Crippen molar-refractivity contribution < 1.29 is 14.3 Å². The van der Waals surface area contributed by atoms with Crippen molar-refractivity contribution in [1.29, 1.82) is 0 Å². The fourth-order valence-electron chi connectivity index (χ4n) is 3.34. The fourth-order valence-corrected chi connectivity index (χ4v) is 3.60. The molecule has 0 spiro atoms. The average Bonchev–Trinajstić information content (AvgIpc) is 2.62. The van der Waals surface area contributed by atoms with Gasteiger partial charge in [-0.3, -0.25) is 4.79 Å². The van der Waals surface area contributed by atoms with Crippen LogP contribution in [0.4, 0.5) is 0 Å². The highest BCUT2D eigenvalue weighted by atomic mass is 35.5. The van der Waals surface area contributed by atoms with Gasteiger partial charge in [0.15, 0.2) is 12.3 Å². The third kappa shape index (κ3) is 4.94. The van der Waals surface area contributed by atoms with Crippen molar-refractivity contribution in [3.05, 3.63) is 41.2 Å². The summed E-state index contributed by atoms with van der Waals surface area (Å²) in [6.45, 7) is -0.304. The topological polar surface area (TPSA) is 68.3 Å². The molecule has 0 atom stereocenters. The molecule has 1 heterocycles. The lowest BCUT2D eigenvalue weighted by Crippen LogP contribution is -2.38. The van der Waals surface area contributed by atoms with Crippen LogP contribution in [-0.2, 0) is 9.53 Å². The number of aromatic nitrogens is 1. The van der Waals surface area contributed by atoms with Crippen molar-refractivity contribution in [1.82, 2.24) is 10.3 Å². The number of ether oxygens (including phenoxy) is 1. The largest absolute Gasteiger partial charge is 0.451 e. The number of hydrogen-bond donors (Lipinski definition) is 1. The number of esters is 1. The molecule has 5 nitrogen and oxygen atoms in total. The molecule has 1 fully saturated rings. The van der Waals surface area contributed by atoms with E-state index in [0.717, 1.165) is 36.5 Å². The molecule has 3 rings (SSSR count). The molecule has 138 valence electrons. The smallest absolute Gasteiger partial charge is 0.357 e. The molecule has 0 bridgehead atoms. The Morgan fingerprint density at radius 3 is 2.58 bits per heavy atom. The Morgan fingerprint density at radius 2 is 1.81 bits per heavy atom. The van der Waals surface area contributed by atoms with E-state index >= 15 is 0 Å². The maximum atomic E-state index is 12.2. The number of fused-ring (bicyclic) bond motifs is 1. The van der Waals surface area contributed by atoms with Crippen LogP contribution in [0.3, 0.4) is 0 Å². The summed E-state index contributed by atoms with van der Waals surface area (Å²) in [6.07, 6.45) is 7.95. The van der Waals surface area contributed by atoms with Gasteiger partial charge in [-0.25, -0.2) is 9.78 Å². The summed E-state index contributed by atoms with van der Waals surface area (Å²) in [4.78, 5) is 28.4. The van der Waals surface area contributed by atoms with Gasteiger partial charge in [0, 0.05) is 11.4 Å². The number of nitrogens with one attached hydrogen (secondary N) is 1. The van der Waals surface area contributed by atoms with Crippen molar-refractivity contribution in [2.75, 3.05) is 6.61 Å². The maximum Gasteiger partial charge on any atom is 0.357 e. The van der Waals surface area contributed by atoms with Crippen molar-refractivity contribution in [2.45, 2.75) is 51.0 Å². The predicted molar refractivity (Wildman–Crippen MR) is 101 cm³/mol. The molecule has 0 aliphatic heterocycles. The van der Waals surface area contributed by atoms with Gasteiger partial charge >= 0.3 is 5.97 Å². The summed E-state index contributed by atoms with van der Waals surface area (Å²) in [5.41, 5.74) is 0.104. The molecule has 6 heteroatoms. The first-order valence-electron chi connectivity index (χ1n) is 9.15. The minimum atomic E-state index is -0.648. The number of hydrogen-bond acceptors (Lipinski definition) is 4. The average molecular weight is 375 g/mol. The number of halogens is 1. The van der Waals surface area contributed by atoms with Crippen LogP contribution in [0.2, 0.25) is 5.15 Å². The Hall–Kier alpha value is -2.14. The van der Waals surface area contributed by atoms with Crippen LogP contribution < -0.4 is 5.32 Å². The number of rotatable bonds is 4. The Labute approximate surface area is 158 Å². The molecule has 1 aliphatic rings. The first-order chi connectivity index (χ1) is 12.6. The van der Waals surface area contributed by atoms with E-state index in [2.05, 4.69) is 10.3 Å². The van der Waals surface area contributed by atoms with E-state index in [1.807, 2.05) is 24.3 Å². The summed E-state index contributed by atoms with van der Waals surface area (Å²) in [5.74, 6) is -0.915. The Kier molecular flexibility index (Phi) is 6.45. The highest BCUT2D eigenvalue weighted by Gasteiger charge is 2.17. The number of nitrogens with zero attached hydrogens (tertiary/aromatic N) is 1. The van der Waals surface area contributed by atoms with Gasteiger partial charge in [-0.2, -0.15) is 0 Å². The van der Waals surface area contributed by atoms with E-state index in [1.54, 1.807) is 6.07 Å². The zero-order chi connectivity index (χ0) is 18.4. The van der Waals surface area contributed by atoms with E-state index in [-0.39, 0.29) is 29.4 Å². The van der Waals surface area contributed by atoms with Crippen LogP contribution in [0, 0.1) is 0 Å². The number of benzene rings is 1. The molecule has 1 N–H and O–H groups in total. The molecule has 0 radical (unpaired) electrons. The number of amides is 1. The first-order valence-corrected chi connectivity index (χ1v) is 9.53. The second-order valence-corrected chi connectivity index (χ2v) is 7.06. The molecule has 2 aromatic rings. The van der Waals surface area contributed by atoms with Crippen molar-refractivity contribution in [2.24, 2.45) is 0 Å². The van der Waals surface area contributed by atoms with Crippen molar-refractivity contribution >= 4 is 34.2 Å². The number of carbonyl (C=O) groups excluding carboxylic acids is 2. The standard InChI is InChI=1S/C20H23ClN2O3/c21-19-16-11-7-6-8-14(16)12-17(23-19)20(25)26-13-18(24)22-15-9-4-2-1-3-5-10-15/h6-8,11-12,15H,1-5,9-10,13H2,(H,22,24). The second-order valence-electron chi connectivity index (χ2n) is 6.71. The van der Waals surface area contributed by atoms with Crippen molar-refractivity contribution in [3.8, 4) is 0 Å². The Bertz CT molecular complexity index is 786. The normalized spacial score (nSPS) is 15.9. The molecule has 0 saturated heterocycles. The minimum Gasteiger partial charge on any atom is -0.451 e. The molecule has 1 aromatic carbocycles. The minimum absolute atomic E-state index is 0.104. The predicted octanol–water partition coefficient (Wildman–Crippen LogP) is 4.27. The van der Waals surface area contributed by atoms with Crippen LogP contribution in [0.1, 0.15) is 55.4 Å². The van der Waals surface area contributed by atoms with Gasteiger partial charge in [0.05, 0.1) is 0 Å². The van der Waals surface area contributed by atoms with E-state index in [0.29, 0.717) is 0 Å². The third-order valence-corrected chi connectivity index (χ3v) is 5.00. The van der Waals surface area contributed by atoms with Crippen LogP contribution >= 0.6 is 11.6 Å². The van der Waals surface area contributed by atoms with Crippen molar-refractivity contribution in [3.63, 3.8) is 0 Å². The molecular weight excluding hydrogens is 352 g/mol. The van der Waals surface area contributed by atoms with Gasteiger partial charge in [0.2, 0.25) is 0 Å². The zero-order valence-electron chi connectivity index (χ0n) is 14.7. The molecule has 0 unspecified atom stereocenters. The lowest BCUT2D eigenvalue weighted by Gasteiger charge is -2.20. The fraction of sp³-hybridized carbons (Fsp3) is 0.450. The molecule has 1 amide bonds. The zero-order valence-corrected chi connectivity index (χ0v) is 15.4. The summed E-state index contributed by atoms with van der Waals surface area (Å²) in [5, 5.41) is 4.79. The van der Waals surface area contributed by atoms with E-state index < -0.39 is 5.97 Å². The van der Waals surface area contributed by atoms with Gasteiger partial charge in [-0.05, 0) is 24.3 Å². The monoisotopic (exact) mass is 374 g/mol.